The van der Waals surface area contributed by atoms with Gasteiger partial charge < -0.3 is 9.64 Å². The fourth-order valence-electron chi connectivity index (χ4n) is 3.73. The van der Waals surface area contributed by atoms with Crippen molar-refractivity contribution in [1.29, 1.82) is 0 Å². The van der Waals surface area contributed by atoms with Gasteiger partial charge >= 0.3 is 0 Å². The molecule has 0 aliphatic carbocycles. The molecule has 2 saturated heterocycles. The molecule has 2 aliphatic rings. The second-order valence-electron chi connectivity index (χ2n) is 7.32. The average Bonchev–Trinajstić information content (AvgIpc) is 3.11. The first-order valence-electron chi connectivity index (χ1n) is 9.90. The molecule has 2 aliphatic heterocycles. The molecule has 31 heavy (non-hydrogen) atoms. The van der Waals surface area contributed by atoms with Gasteiger partial charge in [-0.3, -0.25) is 14.5 Å². The van der Waals surface area contributed by atoms with E-state index in [4.69, 9.17) is 4.74 Å². The zero-order valence-electron chi connectivity index (χ0n) is 17.3. The lowest BCUT2D eigenvalue weighted by molar-refractivity contribution is -0.121. The molecule has 11 heteroatoms. The first-order valence-corrected chi connectivity index (χ1v) is 11.3. The first-order chi connectivity index (χ1) is 14.8. The Kier molecular flexibility index (Phi) is 5.63. The van der Waals surface area contributed by atoms with Gasteiger partial charge in [0.05, 0.1) is 17.7 Å². The van der Waals surface area contributed by atoms with Gasteiger partial charge in [-0.25, -0.2) is 13.4 Å². The average molecular weight is 446 g/mol. The van der Waals surface area contributed by atoms with E-state index >= 15 is 0 Å². The number of aryl methyl sites for hydroxylation is 1. The fourth-order valence-corrected chi connectivity index (χ4v) is 5.15. The van der Waals surface area contributed by atoms with Gasteiger partial charge in [-0.05, 0) is 31.2 Å². The molecule has 1 aromatic heterocycles. The Balaban J connectivity index is 1.46. The third kappa shape index (κ3) is 4.10. The smallest absolute Gasteiger partial charge is 0.243 e. The molecule has 0 atom stereocenters. The van der Waals surface area contributed by atoms with E-state index in [-0.39, 0.29) is 29.6 Å². The Labute approximate surface area is 180 Å². The molecule has 2 fully saturated rings. The summed E-state index contributed by atoms with van der Waals surface area (Å²) in [4.78, 5) is 35.6. The van der Waals surface area contributed by atoms with Crippen LogP contribution in [-0.4, -0.2) is 67.8 Å². The highest BCUT2D eigenvalue weighted by Crippen LogP contribution is 2.26. The number of imide groups is 1. The number of aromatic nitrogens is 2. The van der Waals surface area contributed by atoms with Gasteiger partial charge in [0.25, 0.3) is 0 Å². The number of carbonyl (C=O) groups excluding carboxylic acids is 2. The summed E-state index contributed by atoms with van der Waals surface area (Å²) in [5.74, 6) is 1.21. The van der Waals surface area contributed by atoms with Crippen molar-refractivity contribution in [2.45, 2.75) is 24.7 Å². The van der Waals surface area contributed by atoms with Crippen LogP contribution < -0.4 is 14.5 Å². The van der Waals surface area contributed by atoms with Gasteiger partial charge in [0.15, 0.2) is 0 Å². The summed E-state index contributed by atoms with van der Waals surface area (Å²) in [7, 11) is -2.16. The number of benzene rings is 1. The second kappa shape index (κ2) is 8.23. The van der Waals surface area contributed by atoms with Crippen LogP contribution in [0.4, 0.5) is 11.5 Å². The molecule has 0 spiro atoms. The summed E-state index contributed by atoms with van der Waals surface area (Å²) < 4.78 is 32.7. The van der Waals surface area contributed by atoms with Crippen molar-refractivity contribution in [1.82, 2.24) is 14.3 Å². The minimum atomic E-state index is -3.70. The van der Waals surface area contributed by atoms with E-state index in [0.29, 0.717) is 49.4 Å². The maximum absolute atomic E-state index is 13.1. The van der Waals surface area contributed by atoms with Gasteiger partial charge in [0.2, 0.25) is 27.7 Å². The number of hydrogen-bond donors (Lipinski definition) is 0. The van der Waals surface area contributed by atoms with Gasteiger partial charge in [-0.15, -0.1) is 0 Å². The van der Waals surface area contributed by atoms with Crippen molar-refractivity contribution in [2.75, 3.05) is 43.1 Å². The number of hydrogen-bond acceptors (Lipinski definition) is 8. The molecule has 1 aromatic carbocycles. The number of amides is 2. The van der Waals surface area contributed by atoms with E-state index in [9.17, 15) is 18.0 Å². The lowest BCUT2D eigenvalue weighted by Crippen LogP contribution is -2.49. The number of rotatable bonds is 5. The second-order valence-corrected chi connectivity index (χ2v) is 9.26. The molecule has 4 rings (SSSR count). The molecular formula is C20H23N5O5S. The van der Waals surface area contributed by atoms with Crippen molar-refractivity contribution in [3.8, 4) is 5.88 Å². The van der Waals surface area contributed by atoms with E-state index < -0.39 is 10.0 Å². The number of nitrogens with zero attached hydrogens (tertiary/aromatic N) is 5. The van der Waals surface area contributed by atoms with Crippen LogP contribution in [-0.2, 0) is 19.6 Å². The summed E-state index contributed by atoms with van der Waals surface area (Å²) in [6, 6.07) is 7.61. The Morgan fingerprint density at radius 2 is 1.55 bits per heavy atom. The van der Waals surface area contributed by atoms with Crippen molar-refractivity contribution in [3.63, 3.8) is 0 Å². The predicted octanol–water partition coefficient (Wildman–Crippen LogP) is 0.958. The highest BCUT2D eigenvalue weighted by molar-refractivity contribution is 7.89. The summed E-state index contributed by atoms with van der Waals surface area (Å²) in [5, 5.41) is 0. The molecule has 10 nitrogen and oxygen atoms in total. The van der Waals surface area contributed by atoms with Crippen molar-refractivity contribution >= 4 is 33.3 Å². The maximum Gasteiger partial charge on any atom is 0.243 e. The summed E-state index contributed by atoms with van der Waals surface area (Å²) in [5.41, 5.74) is 0.393. The van der Waals surface area contributed by atoms with Crippen LogP contribution in [0, 0.1) is 6.92 Å². The zero-order valence-corrected chi connectivity index (χ0v) is 18.1. The normalized spacial score (nSPS) is 18.0. The highest BCUT2D eigenvalue weighted by Gasteiger charge is 2.32. The van der Waals surface area contributed by atoms with Gasteiger partial charge in [0.1, 0.15) is 11.6 Å². The minimum absolute atomic E-state index is 0.128. The molecule has 2 amide bonds. The van der Waals surface area contributed by atoms with Crippen molar-refractivity contribution in [3.05, 3.63) is 36.2 Å². The predicted molar refractivity (Wildman–Crippen MR) is 112 cm³/mol. The molecular weight excluding hydrogens is 422 g/mol. The number of sulfonamides is 1. The van der Waals surface area contributed by atoms with E-state index in [2.05, 4.69) is 9.97 Å². The van der Waals surface area contributed by atoms with Crippen LogP contribution in [0.1, 0.15) is 18.7 Å². The molecule has 2 aromatic rings. The lowest BCUT2D eigenvalue weighted by atomic mass is 10.3. The van der Waals surface area contributed by atoms with Crippen LogP contribution in [0.25, 0.3) is 0 Å². The Morgan fingerprint density at radius 1 is 0.935 bits per heavy atom. The van der Waals surface area contributed by atoms with Crippen LogP contribution in [0.3, 0.4) is 0 Å². The molecule has 0 unspecified atom stereocenters. The molecule has 3 heterocycles. The highest BCUT2D eigenvalue weighted by atomic mass is 32.2. The number of anilines is 2. The number of piperazine rings is 1. The fraction of sp³-hybridized carbons (Fsp3) is 0.400. The van der Waals surface area contributed by atoms with Crippen molar-refractivity contribution < 1.29 is 22.7 Å². The van der Waals surface area contributed by atoms with E-state index in [0.717, 1.165) is 4.90 Å². The quantitative estimate of drug-likeness (QED) is 0.626. The lowest BCUT2D eigenvalue weighted by Gasteiger charge is -2.34. The maximum atomic E-state index is 13.1. The Morgan fingerprint density at radius 3 is 2.13 bits per heavy atom. The topological polar surface area (TPSA) is 113 Å². The third-order valence-electron chi connectivity index (χ3n) is 5.36. The van der Waals surface area contributed by atoms with Gasteiger partial charge in [-0.2, -0.15) is 9.29 Å². The largest absolute Gasteiger partial charge is 0.481 e. The third-order valence-corrected chi connectivity index (χ3v) is 7.27. The summed E-state index contributed by atoms with van der Waals surface area (Å²) in [6.45, 7) is 3.35. The standard InChI is InChI=1S/C20H23N5O5S/c1-14-21-17(13-18(22-14)30-2)23-9-11-24(12-10-23)31(28,29)16-5-3-15(4-6-16)25-19(26)7-8-20(25)27/h3-6,13H,7-12H2,1-2H3. The number of methoxy groups -OCH3 is 1. The van der Waals surface area contributed by atoms with E-state index in [1.807, 2.05) is 4.90 Å². The van der Waals surface area contributed by atoms with Gasteiger partial charge in [-0.1, -0.05) is 0 Å². The Bertz CT molecular complexity index is 1100. The molecule has 164 valence electrons. The summed E-state index contributed by atoms with van der Waals surface area (Å²) >= 11 is 0. The molecule has 0 radical (unpaired) electrons. The number of carbonyl (C=O) groups is 2. The number of ether oxygens (including phenoxy) is 1. The zero-order chi connectivity index (χ0) is 22.2. The van der Waals surface area contributed by atoms with Crippen LogP contribution in [0.2, 0.25) is 0 Å². The molecule has 0 saturated carbocycles. The van der Waals surface area contributed by atoms with Gasteiger partial charge in [0, 0.05) is 45.1 Å². The van der Waals surface area contributed by atoms with Crippen LogP contribution in [0.5, 0.6) is 5.88 Å². The monoisotopic (exact) mass is 445 g/mol. The minimum Gasteiger partial charge on any atom is -0.481 e. The van der Waals surface area contributed by atoms with E-state index in [1.165, 1.54) is 35.7 Å². The van der Waals surface area contributed by atoms with Crippen LogP contribution in [0.15, 0.2) is 35.2 Å². The Hall–Kier alpha value is -3.05. The first kappa shape index (κ1) is 21.2. The van der Waals surface area contributed by atoms with Crippen molar-refractivity contribution in [2.24, 2.45) is 0 Å². The summed E-state index contributed by atoms with van der Waals surface area (Å²) in [6.07, 6.45) is 0.363. The SMILES string of the molecule is COc1cc(N2CCN(S(=O)(=O)c3ccc(N4C(=O)CCC4=O)cc3)CC2)nc(C)n1. The van der Waals surface area contributed by atoms with Crippen LogP contribution >= 0.6 is 0 Å². The molecule has 0 N–H and O–H groups in total. The molecule has 0 bridgehead atoms. The van der Waals surface area contributed by atoms with E-state index in [1.54, 1.807) is 13.0 Å².